The van der Waals surface area contributed by atoms with Gasteiger partial charge in [-0.05, 0) is 41.9 Å². The lowest BCUT2D eigenvalue weighted by Gasteiger charge is -2.33. The topological polar surface area (TPSA) is 52.9 Å². The van der Waals surface area contributed by atoms with Crippen LogP contribution in [0.1, 0.15) is 0 Å². The van der Waals surface area contributed by atoms with Crippen LogP contribution in [0.2, 0.25) is 0 Å². The average Bonchev–Trinajstić information content (AvgIpc) is 2.59. The molecular weight excluding hydrogens is 289 g/mol. The molecule has 1 aliphatic heterocycles. The number of rotatable bonds is 2. The van der Waals surface area contributed by atoms with Gasteiger partial charge in [0.2, 0.25) is 0 Å². The first-order valence-corrected chi connectivity index (χ1v) is 7.36. The molecule has 3 aromatic carbocycles. The Morgan fingerprint density at radius 3 is 2.22 bits per heavy atom. The van der Waals surface area contributed by atoms with Crippen LogP contribution in [0.4, 0.5) is 17.1 Å². The molecule has 0 bridgehead atoms. The number of anilines is 3. The first-order chi connectivity index (χ1) is 11.2. The fraction of sp³-hybridized carbons (Fsp3) is 0. The van der Waals surface area contributed by atoms with E-state index in [9.17, 15) is 10.0 Å². The van der Waals surface area contributed by atoms with Gasteiger partial charge in [-0.15, -0.1) is 0 Å². The van der Waals surface area contributed by atoms with E-state index in [1.54, 1.807) is 12.1 Å². The zero-order valence-corrected chi connectivity index (χ0v) is 12.3. The smallest absolute Gasteiger partial charge is 0.453 e. The molecule has 4 rings (SSSR count). The fourth-order valence-corrected chi connectivity index (χ4v) is 2.79. The number of nitrogens with zero attached hydrogens (tertiary/aromatic N) is 1. The minimum absolute atomic E-state index is 0.399. The van der Waals surface area contributed by atoms with Crippen LogP contribution in [-0.4, -0.2) is 17.2 Å². The summed E-state index contributed by atoms with van der Waals surface area (Å²) in [5.41, 5.74) is 3.22. The molecule has 112 valence electrons. The molecular formula is C18H14BNO3. The van der Waals surface area contributed by atoms with Crippen LogP contribution >= 0.6 is 0 Å². The van der Waals surface area contributed by atoms with E-state index in [4.69, 9.17) is 4.74 Å². The summed E-state index contributed by atoms with van der Waals surface area (Å²) in [7, 11) is -1.52. The van der Waals surface area contributed by atoms with Crippen molar-refractivity contribution in [2.24, 2.45) is 0 Å². The van der Waals surface area contributed by atoms with Gasteiger partial charge in [-0.2, -0.15) is 0 Å². The standard InChI is InChI=1S/C18H14BNO3/c21-19(22)13-10-11-16-18(12-13)23-17-9-5-4-8-15(17)20(16)14-6-2-1-3-7-14/h1-12,21-22H. The van der Waals surface area contributed by atoms with Crippen LogP contribution in [0.25, 0.3) is 0 Å². The van der Waals surface area contributed by atoms with Gasteiger partial charge in [0.15, 0.2) is 11.5 Å². The van der Waals surface area contributed by atoms with E-state index < -0.39 is 7.12 Å². The Hall–Kier alpha value is -2.76. The molecule has 0 saturated carbocycles. The van der Waals surface area contributed by atoms with Crippen LogP contribution in [0.5, 0.6) is 11.5 Å². The maximum absolute atomic E-state index is 9.39. The van der Waals surface area contributed by atoms with Crippen molar-refractivity contribution in [2.75, 3.05) is 4.90 Å². The summed E-state index contributed by atoms with van der Waals surface area (Å²) in [6, 6.07) is 23.0. The molecule has 0 radical (unpaired) electrons. The van der Waals surface area contributed by atoms with Gasteiger partial charge in [-0.3, -0.25) is 0 Å². The Morgan fingerprint density at radius 2 is 1.43 bits per heavy atom. The summed E-state index contributed by atoms with van der Waals surface area (Å²) in [4.78, 5) is 2.10. The van der Waals surface area contributed by atoms with Gasteiger partial charge in [-0.1, -0.05) is 36.4 Å². The summed E-state index contributed by atoms with van der Waals surface area (Å²) < 4.78 is 5.96. The molecule has 23 heavy (non-hydrogen) atoms. The van der Waals surface area contributed by atoms with E-state index in [1.807, 2.05) is 60.7 Å². The van der Waals surface area contributed by atoms with E-state index in [2.05, 4.69) is 4.90 Å². The van der Waals surface area contributed by atoms with Crippen molar-refractivity contribution in [1.82, 2.24) is 0 Å². The molecule has 0 saturated heterocycles. The molecule has 0 amide bonds. The van der Waals surface area contributed by atoms with Crippen molar-refractivity contribution in [1.29, 1.82) is 0 Å². The van der Waals surface area contributed by atoms with E-state index in [0.29, 0.717) is 11.2 Å². The highest BCUT2D eigenvalue weighted by Crippen LogP contribution is 2.49. The first-order valence-electron chi connectivity index (χ1n) is 7.36. The molecule has 4 nitrogen and oxygen atoms in total. The van der Waals surface area contributed by atoms with E-state index in [0.717, 1.165) is 22.8 Å². The molecule has 1 heterocycles. The Labute approximate surface area is 134 Å². The van der Waals surface area contributed by atoms with Gasteiger partial charge in [0.05, 0.1) is 11.4 Å². The second kappa shape index (κ2) is 5.46. The molecule has 3 aromatic rings. The number of hydrogen-bond donors (Lipinski definition) is 2. The van der Waals surface area contributed by atoms with E-state index in [1.165, 1.54) is 0 Å². The third-order valence-corrected chi connectivity index (χ3v) is 3.86. The molecule has 0 fully saturated rings. The monoisotopic (exact) mass is 303 g/mol. The summed E-state index contributed by atoms with van der Waals surface area (Å²) in [5, 5.41) is 18.8. The maximum atomic E-state index is 9.39. The third kappa shape index (κ3) is 2.36. The second-order valence-electron chi connectivity index (χ2n) is 5.34. The number of para-hydroxylation sites is 3. The molecule has 0 atom stereocenters. The molecule has 0 spiro atoms. The minimum Gasteiger partial charge on any atom is -0.453 e. The second-order valence-corrected chi connectivity index (χ2v) is 5.34. The maximum Gasteiger partial charge on any atom is 0.488 e. The van der Waals surface area contributed by atoms with Gasteiger partial charge in [-0.25, -0.2) is 0 Å². The Bertz CT molecular complexity index is 852. The Balaban J connectivity index is 1.92. The lowest BCUT2D eigenvalue weighted by Crippen LogP contribution is -2.30. The summed E-state index contributed by atoms with van der Waals surface area (Å²) >= 11 is 0. The van der Waals surface area contributed by atoms with E-state index in [-0.39, 0.29) is 0 Å². The van der Waals surface area contributed by atoms with Crippen LogP contribution in [0, 0.1) is 0 Å². The molecule has 1 aliphatic rings. The highest BCUT2D eigenvalue weighted by molar-refractivity contribution is 6.58. The van der Waals surface area contributed by atoms with Gasteiger partial charge < -0.3 is 19.7 Å². The van der Waals surface area contributed by atoms with Crippen LogP contribution in [0.15, 0.2) is 72.8 Å². The fourth-order valence-electron chi connectivity index (χ4n) is 2.79. The van der Waals surface area contributed by atoms with Crippen molar-refractivity contribution in [3.05, 3.63) is 72.8 Å². The molecule has 0 aromatic heterocycles. The summed E-state index contributed by atoms with van der Waals surface area (Å²) in [6.07, 6.45) is 0. The number of hydrogen-bond acceptors (Lipinski definition) is 4. The molecule has 0 aliphatic carbocycles. The molecule has 0 unspecified atom stereocenters. The third-order valence-electron chi connectivity index (χ3n) is 3.86. The Kier molecular flexibility index (Phi) is 3.30. The van der Waals surface area contributed by atoms with Crippen molar-refractivity contribution in [2.45, 2.75) is 0 Å². The zero-order chi connectivity index (χ0) is 15.8. The van der Waals surface area contributed by atoms with Gasteiger partial charge in [0, 0.05) is 5.69 Å². The van der Waals surface area contributed by atoms with E-state index >= 15 is 0 Å². The van der Waals surface area contributed by atoms with Gasteiger partial charge in [0.25, 0.3) is 0 Å². The van der Waals surface area contributed by atoms with Crippen LogP contribution < -0.4 is 15.1 Å². The number of benzene rings is 3. The van der Waals surface area contributed by atoms with Crippen LogP contribution in [-0.2, 0) is 0 Å². The zero-order valence-electron chi connectivity index (χ0n) is 12.3. The SMILES string of the molecule is OB(O)c1ccc2c(c1)Oc1ccccc1N2c1ccccc1. The molecule has 5 heteroatoms. The number of ether oxygens (including phenoxy) is 1. The van der Waals surface area contributed by atoms with Crippen molar-refractivity contribution < 1.29 is 14.8 Å². The van der Waals surface area contributed by atoms with Crippen molar-refractivity contribution >= 4 is 29.6 Å². The highest BCUT2D eigenvalue weighted by Gasteiger charge is 2.26. The van der Waals surface area contributed by atoms with Gasteiger partial charge >= 0.3 is 7.12 Å². The predicted octanol–water partition coefficient (Wildman–Crippen LogP) is 2.94. The normalized spacial score (nSPS) is 12.2. The lowest BCUT2D eigenvalue weighted by molar-refractivity contribution is 0.425. The first kappa shape index (κ1) is 13.9. The summed E-state index contributed by atoms with van der Waals surface area (Å²) in [6.45, 7) is 0. The number of fused-ring (bicyclic) bond motifs is 2. The minimum atomic E-state index is -1.52. The summed E-state index contributed by atoms with van der Waals surface area (Å²) in [5.74, 6) is 1.33. The Morgan fingerprint density at radius 1 is 0.739 bits per heavy atom. The van der Waals surface area contributed by atoms with Crippen molar-refractivity contribution in [3.8, 4) is 11.5 Å². The van der Waals surface area contributed by atoms with Crippen LogP contribution in [0.3, 0.4) is 0 Å². The largest absolute Gasteiger partial charge is 0.488 e. The lowest BCUT2D eigenvalue weighted by atomic mass is 9.80. The highest BCUT2D eigenvalue weighted by atomic mass is 16.5. The van der Waals surface area contributed by atoms with Crippen molar-refractivity contribution in [3.63, 3.8) is 0 Å². The molecule has 2 N–H and O–H groups in total. The predicted molar refractivity (Wildman–Crippen MR) is 91.0 cm³/mol. The average molecular weight is 303 g/mol. The van der Waals surface area contributed by atoms with Gasteiger partial charge in [0.1, 0.15) is 0 Å². The quantitative estimate of drug-likeness (QED) is 0.559.